The third-order valence-corrected chi connectivity index (χ3v) is 12.5. The Bertz CT molecular complexity index is 1850. The molecule has 7 rings (SSSR count). The molecule has 0 radical (unpaired) electrons. The molecule has 53 heavy (non-hydrogen) atoms. The fraction of sp³-hybridized carbons (Fsp3) is 0.550. The molecule has 2 bridgehead atoms. The van der Waals surface area contributed by atoms with Gasteiger partial charge in [0.1, 0.15) is 29.0 Å². The number of ketones is 1. The largest absolute Gasteiger partial charge is 0.462 e. The van der Waals surface area contributed by atoms with Crippen molar-refractivity contribution in [2.75, 3.05) is 6.61 Å². The zero-order valence-electron chi connectivity index (χ0n) is 30.4. The molecule has 2 aromatic carbocycles. The first-order valence-corrected chi connectivity index (χ1v) is 17.9. The molecule has 5 fully saturated rings. The van der Waals surface area contributed by atoms with Crippen LogP contribution in [-0.2, 0) is 47.6 Å². The van der Waals surface area contributed by atoms with Gasteiger partial charge in [-0.3, -0.25) is 19.2 Å². The van der Waals surface area contributed by atoms with Crippen molar-refractivity contribution in [1.82, 2.24) is 0 Å². The van der Waals surface area contributed by atoms with Gasteiger partial charge in [0.25, 0.3) is 0 Å². The normalized spacial score (nSPS) is 40.6. The van der Waals surface area contributed by atoms with Crippen molar-refractivity contribution >= 4 is 35.6 Å². The van der Waals surface area contributed by atoms with Crippen molar-refractivity contribution in [3.8, 4) is 0 Å². The van der Waals surface area contributed by atoms with E-state index in [1.807, 2.05) is 0 Å². The van der Waals surface area contributed by atoms with Crippen LogP contribution in [0.4, 0.5) is 0 Å². The van der Waals surface area contributed by atoms with Crippen molar-refractivity contribution in [3.05, 3.63) is 71.8 Å². The summed E-state index contributed by atoms with van der Waals surface area (Å²) in [5.74, 6) is -8.69. The van der Waals surface area contributed by atoms with E-state index < -0.39 is 118 Å². The van der Waals surface area contributed by atoms with Crippen LogP contribution in [0.15, 0.2) is 60.7 Å². The molecule has 4 saturated carbocycles. The molecule has 1 aliphatic heterocycles. The minimum atomic E-state index is -2.10. The Balaban J connectivity index is 1.47. The van der Waals surface area contributed by atoms with Gasteiger partial charge in [-0.1, -0.05) is 43.3 Å². The fourth-order valence-corrected chi connectivity index (χ4v) is 10.9. The van der Waals surface area contributed by atoms with Crippen LogP contribution in [0.5, 0.6) is 0 Å². The number of benzene rings is 2. The summed E-state index contributed by atoms with van der Waals surface area (Å²) in [6, 6.07) is 16.3. The Morgan fingerprint density at radius 1 is 0.755 bits per heavy atom. The number of rotatable bonds is 7. The lowest BCUT2D eigenvalue weighted by atomic mass is 9.42. The molecule has 0 aromatic heterocycles. The Morgan fingerprint density at radius 2 is 1.32 bits per heavy atom. The highest BCUT2D eigenvalue weighted by Gasteiger charge is 2.86. The predicted molar refractivity (Wildman–Crippen MR) is 182 cm³/mol. The molecule has 13 heteroatoms. The van der Waals surface area contributed by atoms with Gasteiger partial charge in [-0.2, -0.15) is 0 Å². The van der Waals surface area contributed by atoms with Crippen molar-refractivity contribution < 1.29 is 62.3 Å². The zero-order chi connectivity index (χ0) is 38.2. The van der Waals surface area contributed by atoms with Crippen LogP contribution in [0, 0.1) is 35.0 Å². The van der Waals surface area contributed by atoms with E-state index in [0.29, 0.717) is 0 Å². The summed E-state index contributed by atoms with van der Waals surface area (Å²) in [6.07, 6.45) is -5.57. The van der Waals surface area contributed by atoms with Gasteiger partial charge in [-0.15, -0.1) is 0 Å². The summed E-state index contributed by atoms with van der Waals surface area (Å²) in [7, 11) is 0. The second-order valence-electron chi connectivity index (χ2n) is 15.8. The highest BCUT2D eigenvalue weighted by Crippen LogP contribution is 2.72. The summed E-state index contributed by atoms with van der Waals surface area (Å²) in [5, 5.41) is 13.2. The lowest BCUT2D eigenvalue weighted by Crippen LogP contribution is -2.75. The standard InChI is InChI=1S/C40H44O13/c1-20-17-40(47)28(29(20)49-21(2)41)33(50-22(3)42)39-19-48-38(6,36(40)52-35(46)25-15-11-8-12-16-25)31(39)27-26(18-37(27,5)53-23(4)43)30(32(39)44)51-34(45)24-13-9-7-10-14-24/h7-16,20,26-31,33,36,47H,17-19H2,1-6H3/t20-,26+,27-,28+,29-,30+,31-,33+,36-,37-,38-,39+,40+/m0/s1. The molecule has 5 aliphatic rings. The molecule has 0 spiro atoms. The first-order valence-electron chi connectivity index (χ1n) is 17.9. The van der Waals surface area contributed by atoms with Crippen LogP contribution in [0.2, 0.25) is 0 Å². The molecule has 1 saturated heterocycles. The van der Waals surface area contributed by atoms with E-state index in [4.69, 9.17) is 28.4 Å². The first-order chi connectivity index (χ1) is 25.0. The van der Waals surface area contributed by atoms with Gasteiger partial charge >= 0.3 is 29.8 Å². The molecular formula is C40H44O13. The predicted octanol–water partition coefficient (Wildman–Crippen LogP) is 3.63. The molecule has 282 valence electrons. The number of hydrogen-bond acceptors (Lipinski definition) is 13. The van der Waals surface area contributed by atoms with Crippen LogP contribution in [-0.4, -0.2) is 88.6 Å². The number of carbonyl (C=O) groups excluding carboxylic acids is 6. The molecule has 0 unspecified atom stereocenters. The van der Waals surface area contributed by atoms with Gasteiger partial charge in [0.05, 0.1) is 29.1 Å². The van der Waals surface area contributed by atoms with Crippen molar-refractivity contribution in [3.63, 3.8) is 0 Å². The Hall–Kier alpha value is -4.62. The quantitative estimate of drug-likeness (QED) is 0.323. The first kappa shape index (κ1) is 36.7. The van der Waals surface area contributed by atoms with E-state index >= 15 is 4.79 Å². The highest BCUT2D eigenvalue weighted by atomic mass is 16.6. The highest BCUT2D eigenvalue weighted by molar-refractivity contribution is 5.97. The molecule has 0 amide bonds. The Labute approximate surface area is 306 Å². The third kappa shape index (κ3) is 5.48. The minimum Gasteiger partial charge on any atom is -0.462 e. The number of hydrogen-bond donors (Lipinski definition) is 1. The van der Waals surface area contributed by atoms with E-state index in [0.717, 1.165) is 6.92 Å². The van der Waals surface area contributed by atoms with Crippen LogP contribution in [0.3, 0.4) is 0 Å². The summed E-state index contributed by atoms with van der Waals surface area (Å²) in [4.78, 5) is 81.6. The van der Waals surface area contributed by atoms with Crippen molar-refractivity contribution in [2.45, 2.75) is 95.6 Å². The maximum atomic E-state index is 15.5. The molecule has 13 nitrogen and oxygen atoms in total. The SMILES string of the molecule is CC(=O)O[C@@H]1[C@@H]2[C@@H](OC(C)=O)[C@]34CO[C@](C)([C@H](OC(=O)c5ccccc5)[C@@]2(O)C[C@@H]1C)[C@@H]3[C@@H]1[C@@H](C[C@]1(C)OC(C)=O)[C@@H](OC(=O)c1ccccc1)C4=O. The van der Waals surface area contributed by atoms with Crippen molar-refractivity contribution in [2.24, 2.45) is 35.0 Å². The molecule has 1 heterocycles. The van der Waals surface area contributed by atoms with E-state index in [2.05, 4.69) is 0 Å². The average molecular weight is 733 g/mol. The van der Waals surface area contributed by atoms with E-state index in [-0.39, 0.29) is 24.0 Å². The number of aliphatic hydroxyl groups is 1. The summed E-state index contributed by atoms with van der Waals surface area (Å²) in [5.41, 5.74) is -6.53. The third-order valence-electron chi connectivity index (χ3n) is 12.5. The maximum Gasteiger partial charge on any atom is 0.338 e. The fourth-order valence-electron chi connectivity index (χ4n) is 10.9. The number of Topliss-reactive ketones (excluding diaryl/α,β-unsaturated/α-hetero) is 1. The molecular weight excluding hydrogens is 688 g/mol. The van der Waals surface area contributed by atoms with Crippen LogP contribution in [0.1, 0.15) is 75.1 Å². The maximum absolute atomic E-state index is 15.5. The second kappa shape index (κ2) is 12.8. The molecule has 13 atom stereocenters. The molecule has 2 aromatic rings. The van der Waals surface area contributed by atoms with Crippen molar-refractivity contribution in [1.29, 1.82) is 0 Å². The number of fused-ring (bicyclic) bond motifs is 2. The molecule has 1 N–H and O–H groups in total. The van der Waals surface area contributed by atoms with Gasteiger partial charge in [-0.05, 0) is 56.9 Å². The van der Waals surface area contributed by atoms with Crippen LogP contribution in [0.25, 0.3) is 0 Å². The minimum absolute atomic E-state index is 0.0994. The van der Waals surface area contributed by atoms with E-state index in [9.17, 15) is 29.1 Å². The lowest BCUT2D eigenvalue weighted by Gasteiger charge is -2.64. The van der Waals surface area contributed by atoms with Crippen LogP contribution < -0.4 is 0 Å². The number of ether oxygens (including phenoxy) is 6. The molecule has 4 aliphatic carbocycles. The zero-order valence-corrected chi connectivity index (χ0v) is 30.4. The monoisotopic (exact) mass is 732 g/mol. The van der Waals surface area contributed by atoms with E-state index in [1.54, 1.807) is 81.4 Å². The van der Waals surface area contributed by atoms with Gasteiger partial charge in [0.2, 0.25) is 0 Å². The number of esters is 5. The second-order valence-corrected chi connectivity index (χ2v) is 15.8. The Kier molecular flexibility index (Phi) is 8.84. The van der Waals surface area contributed by atoms with Gasteiger partial charge in [0.15, 0.2) is 18.0 Å². The summed E-state index contributed by atoms with van der Waals surface area (Å²) < 4.78 is 37.2. The van der Waals surface area contributed by atoms with Gasteiger partial charge < -0.3 is 33.5 Å². The average Bonchev–Trinajstić information content (AvgIpc) is 3.52. The smallest absolute Gasteiger partial charge is 0.338 e. The summed E-state index contributed by atoms with van der Waals surface area (Å²) in [6.45, 7) is 8.33. The summed E-state index contributed by atoms with van der Waals surface area (Å²) >= 11 is 0. The Morgan fingerprint density at radius 3 is 1.87 bits per heavy atom. The lowest BCUT2D eigenvalue weighted by molar-refractivity contribution is -0.255. The van der Waals surface area contributed by atoms with Gasteiger partial charge in [0, 0.05) is 38.5 Å². The van der Waals surface area contributed by atoms with Crippen LogP contribution >= 0.6 is 0 Å². The number of carbonyl (C=O) groups is 6. The van der Waals surface area contributed by atoms with E-state index in [1.165, 1.54) is 13.8 Å². The van der Waals surface area contributed by atoms with Gasteiger partial charge in [-0.25, -0.2) is 9.59 Å². The topological polar surface area (TPSA) is 178 Å².